The smallest absolute Gasteiger partial charge is 0.280 e. The van der Waals surface area contributed by atoms with E-state index in [1.54, 1.807) is 0 Å². The van der Waals surface area contributed by atoms with E-state index < -0.39 is 22.7 Å². The highest BCUT2D eigenvalue weighted by Gasteiger charge is 2.70. The number of hydrogen-bond acceptors (Lipinski definition) is 1. The van der Waals surface area contributed by atoms with Gasteiger partial charge in [0, 0.05) is 11.6 Å². The first-order valence-electron chi connectivity index (χ1n) is 10.4. The van der Waals surface area contributed by atoms with Gasteiger partial charge in [-0.2, -0.15) is 13.2 Å². The Balaban J connectivity index is 2.21. The van der Waals surface area contributed by atoms with E-state index in [1.165, 1.54) is 10.9 Å². The quantitative estimate of drug-likeness (QED) is 0.352. The van der Waals surface area contributed by atoms with Crippen molar-refractivity contribution in [1.29, 1.82) is 0 Å². The van der Waals surface area contributed by atoms with E-state index in [1.807, 2.05) is 19.1 Å². The monoisotopic (exact) mass is 413 g/mol. The van der Waals surface area contributed by atoms with Gasteiger partial charge in [0.1, 0.15) is 0 Å². The average Bonchev–Trinajstić information content (AvgIpc) is 3.21. The van der Waals surface area contributed by atoms with E-state index in [2.05, 4.69) is 70.1 Å². The standard InChI is InChI=1S/C26H30F3N/c1-8-24(18(4)25(24,9-2)30-16-17(3)26(27,28)29)22-15-14-21(23(5,6)7)19-12-10-11-13-20(19)22/h10-16H,3-4,8-9H2,1-2,5-7H3/b30-16+. The van der Waals surface area contributed by atoms with E-state index in [-0.39, 0.29) is 5.41 Å². The van der Waals surface area contributed by atoms with Gasteiger partial charge >= 0.3 is 6.18 Å². The summed E-state index contributed by atoms with van der Waals surface area (Å²) in [6.45, 7) is 18.0. The predicted octanol–water partition coefficient (Wildman–Crippen LogP) is 7.69. The highest BCUT2D eigenvalue weighted by atomic mass is 19.4. The van der Waals surface area contributed by atoms with Crippen molar-refractivity contribution in [3.63, 3.8) is 0 Å². The molecule has 0 heterocycles. The van der Waals surface area contributed by atoms with Crippen LogP contribution in [0, 0.1) is 0 Å². The molecule has 2 unspecified atom stereocenters. The fraction of sp³-hybridized carbons (Fsp3) is 0.423. The van der Waals surface area contributed by atoms with Crippen LogP contribution in [-0.4, -0.2) is 17.9 Å². The lowest BCUT2D eigenvalue weighted by Crippen LogP contribution is -2.23. The molecule has 2 atom stereocenters. The molecule has 160 valence electrons. The first-order chi connectivity index (χ1) is 13.9. The van der Waals surface area contributed by atoms with Crippen molar-refractivity contribution in [2.75, 3.05) is 0 Å². The molecule has 1 aliphatic rings. The second-order valence-corrected chi connectivity index (χ2v) is 9.19. The summed E-state index contributed by atoms with van der Waals surface area (Å²) in [5.74, 6) is 0. The van der Waals surface area contributed by atoms with Gasteiger partial charge in [0.05, 0.1) is 11.1 Å². The zero-order chi connectivity index (χ0) is 22.5. The van der Waals surface area contributed by atoms with Gasteiger partial charge in [-0.15, -0.1) is 0 Å². The summed E-state index contributed by atoms with van der Waals surface area (Å²) in [5, 5.41) is 2.29. The number of benzene rings is 2. The summed E-state index contributed by atoms with van der Waals surface area (Å²) in [7, 11) is 0. The molecule has 3 rings (SSSR count). The lowest BCUT2D eigenvalue weighted by Gasteiger charge is -2.26. The molecular formula is C26H30F3N. The van der Waals surface area contributed by atoms with Crippen LogP contribution in [0.2, 0.25) is 0 Å². The summed E-state index contributed by atoms with van der Waals surface area (Å²) in [6, 6.07) is 12.5. The van der Waals surface area contributed by atoms with Crippen LogP contribution in [0.3, 0.4) is 0 Å². The summed E-state index contributed by atoms with van der Waals surface area (Å²) >= 11 is 0. The van der Waals surface area contributed by atoms with Crippen LogP contribution >= 0.6 is 0 Å². The van der Waals surface area contributed by atoms with Crippen LogP contribution < -0.4 is 0 Å². The molecule has 0 spiro atoms. The normalized spacial score (nSPS) is 24.6. The molecule has 2 aromatic carbocycles. The maximum atomic E-state index is 13.0. The molecule has 0 radical (unpaired) electrons. The zero-order valence-electron chi connectivity index (χ0n) is 18.5. The summed E-state index contributed by atoms with van der Waals surface area (Å²) < 4.78 is 39.0. The largest absolute Gasteiger partial charge is 0.417 e. The Labute approximate surface area is 177 Å². The molecule has 1 nitrogen and oxygen atoms in total. The van der Waals surface area contributed by atoms with E-state index >= 15 is 0 Å². The topological polar surface area (TPSA) is 12.4 Å². The van der Waals surface area contributed by atoms with E-state index in [9.17, 15) is 13.2 Å². The van der Waals surface area contributed by atoms with Crippen LogP contribution in [0.5, 0.6) is 0 Å². The van der Waals surface area contributed by atoms with E-state index in [0.29, 0.717) is 12.8 Å². The molecule has 0 saturated heterocycles. The Bertz CT molecular complexity index is 1040. The molecule has 0 aromatic heterocycles. The van der Waals surface area contributed by atoms with Gasteiger partial charge in [-0.3, -0.25) is 4.99 Å². The van der Waals surface area contributed by atoms with Crippen molar-refractivity contribution < 1.29 is 13.2 Å². The minimum absolute atomic E-state index is 0.0253. The highest BCUT2D eigenvalue weighted by Crippen LogP contribution is 2.69. The lowest BCUT2D eigenvalue weighted by atomic mass is 9.78. The van der Waals surface area contributed by atoms with Gasteiger partial charge in [0.15, 0.2) is 0 Å². The summed E-state index contributed by atoms with van der Waals surface area (Å²) in [5.41, 5.74) is 1.02. The molecule has 0 amide bonds. The number of nitrogens with zero attached hydrogens (tertiary/aromatic N) is 1. The lowest BCUT2D eigenvalue weighted by molar-refractivity contribution is -0.0852. The number of rotatable bonds is 5. The van der Waals surface area contributed by atoms with Gasteiger partial charge in [-0.1, -0.05) is 84.2 Å². The first-order valence-corrected chi connectivity index (χ1v) is 10.4. The maximum Gasteiger partial charge on any atom is 0.417 e. The van der Waals surface area contributed by atoms with Crippen LogP contribution in [0.25, 0.3) is 10.8 Å². The van der Waals surface area contributed by atoms with E-state index in [0.717, 1.165) is 22.7 Å². The predicted molar refractivity (Wildman–Crippen MR) is 120 cm³/mol. The highest BCUT2D eigenvalue weighted by molar-refractivity contribution is 5.93. The second-order valence-electron chi connectivity index (χ2n) is 9.19. The number of aliphatic imine (C=N–C) groups is 1. The molecule has 4 heteroatoms. The fourth-order valence-corrected chi connectivity index (χ4v) is 5.04. The third kappa shape index (κ3) is 3.12. The molecular weight excluding hydrogens is 383 g/mol. The molecule has 0 bridgehead atoms. The minimum Gasteiger partial charge on any atom is -0.280 e. The van der Waals surface area contributed by atoms with Crippen LogP contribution in [0.1, 0.15) is 58.6 Å². The Morgan fingerprint density at radius 3 is 2.10 bits per heavy atom. The third-order valence-corrected chi connectivity index (χ3v) is 6.70. The zero-order valence-corrected chi connectivity index (χ0v) is 18.5. The SMILES string of the molecule is C=C(/C=N/C1(CC)C(=C)C1(CC)c1ccc(C(C)(C)C)c2ccccc12)C(F)(F)F. The molecule has 1 fully saturated rings. The Morgan fingerprint density at radius 2 is 1.60 bits per heavy atom. The van der Waals surface area contributed by atoms with Gasteiger partial charge in [-0.05, 0) is 45.7 Å². The maximum absolute atomic E-state index is 13.0. The molecule has 1 saturated carbocycles. The second kappa shape index (κ2) is 7.11. The molecule has 0 N–H and O–H groups in total. The van der Waals surface area contributed by atoms with Gasteiger partial charge in [-0.25, -0.2) is 0 Å². The first kappa shape index (κ1) is 22.3. The van der Waals surface area contributed by atoms with Crippen LogP contribution in [-0.2, 0) is 10.8 Å². The van der Waals surface area contributed by atoms with Crippen molar-refractivity contribution in [1.82, 2.24) is 0 Å². The van der Waals surface area contributed by atoms with Gasteiger partial charge in [0.25, 0.3) is 0 Å². The molecule has 0 aliphatic heterocycles. The van der Waals surface area contributed by atoms with Crippen molar-refractivity contribution >= 4 is 17.0 Å². The van der Waals surface area contributed by atoms with Crippen molar-refractivity contribution in [3.8, 4) is 0 Å². The number of hydrogen-bond donors (Lipinski definition) is 0. The van der Waals surface area contributed by atoms with E-state index in [4.69, 9.17) is 0 Å². The van der Waals surface area contributed by atoms with Crippen LogP contribution in [0.4, 0.5) is 13.2 Å². The molecule has 30 heavy (non-hydrogen) atoms. The Morgan fingerprint density at radius 1 is 1.00 bits per heavy atom. The molecule has 1 aliphatic carbocycles. The van der Waals surface area contributed by atoms with Crippen molar-refractivity contribution in [3.05, 3.63) is 71.8 Å². The number of alkyl halides is 3. The van der Waals surface area contributed by atoms with Gasteiger partial charge < -0.3 is 0 Å². The Hall–Kier alpha value is -2.36. The fourth-order valence-electron chi connectivity index (χ4n) is 5.04. The van der Waals surface area contributed by atoms with Gasteiger partial charge in [0.2, 0.25) is 0 Å². The van der Waals surface area contributed by atoms with Crippen molar-refractivity contribution in [2.45, 2.75) is 70.0 Å². The van der Waals surface area contributed by atoms with Crippen molar-refractivity contribution in [2.24, 2.45) is 4.99 Å². The number of fused-ring (bicyclic) bond motifs is 1. The average molecular weight is 414 g/mol. The summed E-state index contributed by atoms with van der Waals surface area (Å²) in [4.78, 5) is 4.47. The third-order valence-electron chi connectivity index (χ3n) is 6.70. The number of halogens is 3. The summed E-state index contributed by atoms with van der Waals surface area (Å²) in [6.07, 6.45) is -2.30. The van der Waals surface area contributed by atoms with Crippen LogP contribution in [0.15, 0.2) is 65.7 Å². The number of allylic oxidation sites excluding steroid dienone is 1. The molecule has 2 aromatic rings. The Kier molecular flexibility index (Phi) is 5.29. The minimum atomic E-state index is -4.48.